The first kappa shape index (κ1) is 17.7. The second kappa shape index (κ2) is 6.81. The number of benzene rings is 2. The van der Waals surface area contributed by atoms with Crippen molar-refractivity contribution in [3.8, 4) is 11.6 Å². The van der Waals surface area contributed by atoms with E-state index in [0.717, 1.165) is 11.1 Å². The molecular formula is C22H19N3O3. The third-order valence-corrected chi connectivity index (χ3v) is 4.79. The highest BCUT2D eigenvalue weighted by Gasteiger charge is 2.16. The summed E-state index contributed by atoms with van der Waals surface area (Å²) in [5.41, 5.74) is 2.90. The number of hydrogen-bond acceptors (Lipinski definition) is 5. The van der Waals surface area contributed by atoms with Crippen molar-refractivity contribution < 1.29 is 9.63 Å². The number of aryl methyl sites for hydroxylation is 3. The largest absolute Gasteiger partial charge is 0.494 e. The number of aromatic hydroxyl groups is 1. The second-order valence-corrected chi connectivity index (χ2v) is 6.75. The zero-order valence-corrected chi connectivity index (χ0v) is 15.8. The lowest BCUT2D eigenvalue weighted by Gasteiger charge is -2.14. The van der Waals surface area contributed by atoms with Gasteiger partial charge in [0.25, 0.3) is 5.56 Å². The maximum atomic E-state index is 13.1. The number of fused-ring (bicyclic) bond motifs is 1. The average molecular weight is 373 g/mol. The van der Waals surface area contributed by atoms with Crippen LogP contribution < -0.4 is 5.56 Å². The number of aliphatic imine (C=N–C) groups is 1. The molecule has 28 heavy (non-hydrogen) atoms. The molecule has 2 aromatic carbocycles. The molecule has 2 heterocycles. The van der Waals surface area contributed by atoms with Crippen molar-refractivity contribution in [3.63, 3.8) is 0 Å². The van der Waals surface area contributed by atoms with Crippen LogP contribution in [0.4, 0.5) is 5.82 Å². The summed E-state index contributed by atoms with van der Waals surface area (Å²) in [4.78, 5) is 17.4. The van der Waals surface area contributed by atoms with E-state index in [0.29, 0.717) is 33.6 Å². The van der Waals surface area contributed by atoms with Crippen molar-refractivity contribution in [1.82, 2.24) is 9.72 Å². The molecule has 0 saturated carbocycles. The van der Waals surface area contributed by atoms with E-state index in [2.05, 4.69) is 10.1 Å². The monoisotopic (exact) mass is 373 g/mol. The van der Waals surface area contributed by atoms with Crippen LogP contribution in [0.1, 0.15) is 22.5 Å². The molecule has 0 fully saturated rings. The Morgan fingerprint density at radius 1 is 1.04 bits per heavy atom. The molecule has 4 rings (SSSR count). The summed E-state index contributed by atoms with van der Waals surface area (Å²) in [7, 11) is 0. The van der Waals surface area contributed by atoms with Gasteiger partial charge in [-0.15, -0.1) is 0 Å². The highest BCUT2D eigenvalue weighted by molar-refractivity contribution is 6.02. The van der Waals surface area contributed by atoms with Crippen LogP contribution in [0.25, 0.3) is 16.5 Å². The molecule has 0 bridgehead atoms. The Labute approximate surface area is 161 Å². The van der Waals surface area contributed by atoms with Gasteiger partial charge in [0.15, 0.2) is 5.82 Å². The predicted molar refractivity (Wildman–Crippen MR) is 109 cm³/mol. The summed E-state index contributed by atoms with van der Waals surface area (Å²) in [6, 6.07) is 14.5. The van der Waals surface area contributed by atoms with Gasteiger partial charge in [-0.25, -0.2) is 9.56 Å². The van der Waals surface area contributed by atoms with Crippen molar-refractivity contribution in [2.45, 2.75) is 20.8 Å². The van der Waals surface area contributed by atoms with Gasteiger partial charge in [-0.2, -0.15) is 0 Å². The first-order valence-corrected chi connectivity index (χ1v) is 8.87. The van der Waals surface area contributed by atoms with Crippen LogP contribution in [0, 0.1) is 20.8 Å². The Morgan fingerprint density at radius 2 is 1.79 bits per heavy atom. The van der Waals surface area contributed by atoms with Crippen LogP contribution in [0.15, 0.2) is 62.8 Å². The molecule has 4 aromatic rings. The Kier molecular flexibility index (Phi) is 4.31. The van der Waals surface area contributed by atoms with E-state index in [9.17, 15) is 9.90 Å². The van der Waals surface area contributed by atoms with Crippen molar-refractivity contribution in [2.75, 3.05) is 0 Å². The number of aromatic nitrogens is 2. The van der Waals surface area contributed by atoms with E-state index < -0.39 is 0 Å². The molecule has 0 aliphatic heterocycles. The number of nitrogens with zero attached hydrogens (tertiary/aromatic N) is 3. The highest BCUT2D eigenvalue weighted by Crippen LogP contribution is 2.27. The van der Waals surface area contributed by atoms with Gasteiger partial charge in [0.05, 0.1) is 11.3 Å². The van der Waals surface area contributed by atoms with Gasteiger partial charge < -0.3 is 9.63 Å². The molecule has 2 aromatic heterocycles. The van der Waals surface area contributed by atoms with Gasteiger partial charge in [-0.1, -0.05) is 29.4 Å². The topological polar surface area (TPSA) is 80.6 Å². The minimum atomic E-state index is -0.286. The van der Waals surface area contributed by atoms with Gasteiger partial charge in [0, 0.05) is 23.1 Å². The van der Waals surface area contributed by atoms with Gasteiger partial charge in [0.1, 0.15) is 5.76 Å². The molecule has 0 saturated heterocycles. The van der Waals surface area contributed by atoms with Crippen LogP contribution in [-0.4, -0.2) is 21.0 Å². The first-order valence-electron chi connectivity index (χ1n) is 8.87. The van der Waals surface area contributed by atoms with E-state index in [1.807, 2.05) is 38.1 Å². The van der Waals surface area contributed by atoms with Gasteiger partial charge >= 0.3 is 0 Å². The average Bonchev–Trinajstić information content (AvgIpc) is 3.10. The molecule has 0 amide bonds. The minimum absolute atomic E-state index is 0.170. The Hall–Kier alpha value is -3.67. The van der Waals surface area contributed by atoms with E-state index in [4.69, 9.17) is 4.52 Å². The number of pyridine rings is 1. The third kappa shape index (κ3) is 2.99. The molecule has 0 unspecified atom stereocenters. The molecule has 0 aliphatic carbocycles. The lowest BCUT2D eigenvalue weighted by molar-refractivity contribution is 0.399. The maximum Gasteiger partial charge on any atom is 0.265 e. The third-order valence-electron chi connectivity index (χ3n) is 4.79. The summed E-state index contributed by atoms with van der Waals surface area (Å²) in [5.74, 6) is 0.863. The lowest BCUT2D eigenvalue weighted by Crippen LogP contribution is -2.20. The van der Waals surface area contributed by atoms with Crippen LogP contribution >= 0.6 is 0 Å². The standard InChI is InChI=1S/C22H19N3O3/c1-13-8-9-16(10-14(13)2)25-21(26)18-7-5-4-6-17(18)19(22(25)27)12-23-20-11-15(3)28-24-20/h4-12,27H,1-3H3. The van der Waals surface area contributed by atoms with E-state index in [1.165, 1.54) is 10.8 Å². The molecule has 140 valence electrons. The summed E-state index contributed by atoms with van der Waals surface area (Å²) in [6.07, 6.45) is 1.51. The molecular weight excluding hydrogens is 354 g/mol. The first-order chi connectivity index (χ1) is 13.5. The van der Waals surface area contributed by atoms with Gasteiger partial charge in [-0.3, -0.25) is 4.79 Å². The van der Waals surface area contributed by atoms with Crippen molar-refractivity contribution in [1.29, 1.82) is 0 Å². The van der Waals surface area contributed by atoms with E-state index in [-0.39, 0.29) is 11.4 Å². The smallest absolute Gasteiger partial charge is 0.265 e. The fourth-order valence-electron chi connectivity index (χ4n) is 3.14. The molecule has 0 aliphatic rings. The predicted octanol–water partition coefficient (Wildman–Crippen LogP) is 4.36. The fraction of sp³-hybridized carbons (Fsp3) is 0.136. The molecule has 0 radical (unpaired) electrons. The van der Waals surface area contributed by atoms with Gasteiger partial charge in [0.2, 0.25) is 5.88 Å². The molecule has 6 nitrogen and oxygen atoms in total. The van der Waals surface area contributed by atoms with Crippen LogP contribution in [0.2, 0.25) is 0 Å². The zero-order chi connectivity index (χ0) is 19.8. The molecule has 1 N–H and O–H groups in total. The van der Waals surface area contributed by atoms with E-state index >= 15 is 0 Å². The Balaban J connectivity index is 1.99. The number of hydrogen-bond donors (Lipinski definition) is 1. The summed E-state index contributed by atoms with van der Waals surface area (Å²) >= 11 is 0. The normalized spacial score (nSPS) is 11.5. The van der Waals surface area contributed by atoms with Crippen molar-refractivity contribution in [3.05, 3.63) is 81.3 Å². The quantitative estimate of drug-likeness (QED) is 0.541. The highest BCUT2D eigenvalue weighted by atomic mass is 16.5. The Morgan fingerprint density at radius 3 is 2.46 bits per heavy atom. The summed E-state index contributed by atoms with van der Waals surface area (Å²) in [6.45, 7) is 5.75. The van der Waals surface area contributed by atoms with Crippen LogP contribution in [0.3, 0.4) is 0 Å². The molecule has 0 spiro atoms. The van der Waals surface area contributed by atoms with Crippen molar-refractivity contribution >= 4 is 22.8 Å². The lowest BCUT2D eigenvalue weighted by atomic mass is 10.1. The fourth-order valence-corrected chi connectivity index (χ4v) is 3.14. The minimum Gasteiger partial charge on any atom is -0.494 e. The van der Waals surface area contributed by atoms with Gasteiger partial charge in [-0.05, 0) is 50.1 Å². The summed E-state index contributed by atoms with van der Waals surface area (Å²) < 4.78 is 6.34. The second-order valence-electron chi connectivity index (χ2n) is 6.75. The number of rotatable bonds is 3. The van der Waals surface area contributed by atoms with Crippen LogP contribution in [0.5, 0.6) is 5.88 Å². The van der Waals surface area contributed by atoms with Crippen molar-refractivity contribution in [2.24, 2.45) is 4.99 Å². The summed E-state index contributed by atoms with van der Waals surface area (Å²) in [5, 5.41) is 15.9. The van der Waals surface area contributed by atoms with Crippen LogP contribution in [-0.2, 0) is 0 Å². The maximum absolute atomic E-state index is 13.1. The zero-order valence-electron chi connectivity index (χ0n) is 15.8. The van der Waals surface area contributed by atoms with E-state index in [1.54, 1.807) is 31.2 Å². The Bertz CT molecular complexity index is 1280. The SMILES string of the molecule is Cc1cc(N=Cc2c(O)n(-c3ccc(C)c(C)c3)c(=O)c3ccccc23)no1. The molecule has 0 atom stereocenters. The molecule has 6 heteroatoms.